The highest BCUT2D eigenvalue weighted by Crippen LogP contribution is 2.33. The molecule has 7 nitrogen and oxygen atoms in total. The maximum absolute atomic E-state index is 12.9. The predicted octanol–water partition coefficient (Wildman–Crippen LogP) is 11.7. The zero-order chi connectivity index (χ0) is 37.6. The first-order valence-corrected chi connectivity index (χ1v) is 22.7. The second kappa shape index (κ2) is 24.4. The van der Waals surface area contributed by atoms with Crippen molar-refractivity contribution in [2.24, 2.45) is 0 Å². The molecule has 0 saturated carbocycles. The molecule has 2 aliphatic heterocycles. The number of amides is 1. The number of fused-ring (bicyclic) bond motifs is 2. The number of esters is 1. The van der Waals surface area contributed by atoms with E-state index < -0.39 is 0 Å². The van der Waals surface area contributed by atoms with E-state index in [1.807, 2.05) is 23.5 Å². The highest BCUT2D eigenvalue weighted by molar-refractivity contribution is 7.17. The van der Waals surface area contributed by atoms with Crippen LogP contribution in [0.4, 0.5) is 11.4 Å². The van der Waals surface area contributed by atoms with Crippen LogP contribution in [0.5, 0.6) is 5.75 Å². The van der Waals surface area contributed by atoms with Crippen molar-refractivity contribution in [3.05, 3.63) is 53.4 Å². The van der Waals surface area contributed by atoms with Gasteiger partial charge < -0.3 is 14.4 Å². The summed E-state index contributed by atoms with van der Waals surface area (Å²) in [6.07, 6.45) is 26.0. The fourth-order valence-electron chi connectivity index (χ4n) is 8.05. The summed E-state index contributed by atoms with van der Waals surface area (Å²) in [6.45, 7) is 8.27. The number of carbonyl (C=O) groups excluding carboxylic acids is 2. The third kappa shape index (κ3) is 14.2. The van der Waals surface area contributed by atoms with Gasteiger partial charge >= 0.3 is 5.97 Å². The lowest BCUT2D eigenvalue weighted by Gasteiger charge is -2.36. The Morgan fingerprint density at radius 1 is 0.704 bits per heavy atom. The van der Waals surface area contributed by atoms with Crippen molar-refractivity contribution in [1.29, 1.82) is 0 Å². The second-order valence-corrected chi connectivity index (χ2v) is 16.6. The van der Waals surface area contributed by atoms with Gasteiger partial charge in [0.25, 0.3) is 0 Å². The van der Waals surface area contributed by atoms with Crippen LogP contribution in [0.25, 0.3) is 10.1 Å². The molecule has 3 heterocycles. The van der Waals surface area contributed by atoms with E-state index in [1.54, 1.807) is 4.90 Å². The summed E-state index contributed by atoms with van der Waals surface area (Å²) < 4.78 is 13.1. The second-order valence-electron chi connectivity index (χ2n) is 15.7. The Hall–Kier alpha value is -3.10. The Morgan fingerprint density at radius 2 is 1.37 bits per heavy atom. The van der Waals surface area contributed by atoms with Crippen LogP contribution in [0.1, 0.15) is 147 Å². The van der Waals surface area contributed by atoms with E-state index in [9.17, 15) is 9.59 Å². The molecule has 3 aromatic rings. The Bertz CT molecular complexity index is 1520. The van der Waals surface area contributed by atoms with Gasteiger partial charge in [-0.05, 0) is 67.4 Å². The van der Waals surface area contributed by atoms with Gasteiger partial charge in [-0.1, -0.05) is 122 Å². The molecule has 1 amide bonds. The number of nitrogens with zero attached hydrogens (tertiary/aromatic N) is 3. The highest BCUT2D eigenvalue weighted by atomic mass is 32.1. The van der Waals surface area contributed by atoms with Crippen LogP contribution in [-0.4, -0.2) is 62.8 Å². The molecule has 0 bridgehead atoms. The molecule has 0 atom stereocenters. The van der Waals surface area contributed by atoms with Crippen molar-refractivity contribution in [2.45, 2.75) is 148 Å². The summed E-state index contributed by atoms with van der Waals surface area (Å²) in [4.78, 5) is 32.2. The third-order valence-corrected chi connectivity index (χ3v) is 12.3. The Labute approximate surface area is 330 Å². The van der Waals surface area contributed by atoms with Gasteiger partial charge in [0.05, 0.1) is 12.3 Å². The number of carbonyl (C=O) groups is 2. The lowest BCUT2D eigenvalue weighted by atomic mass is 10.0. The molecular formula is C46H69N3O4S. The number of ether oxygens (including phenoxy) is 2. The average Bonchev–Trinajstić information content (AvgIpc) is 3.68. The quantitative estimate of drug-likeness (QED) is 0.0570. The number of aryl methyl sites for hydroxylation is 1. The van der Waals surface area contributed by atoms with Crippen LogP contribution in [0.15, 0.2) is 47.8 Å². The number of unbranched alkanes of at least 4 members (excludes halogenated alkanes) is 17. The van der Waals surface area contributed by atoms with Gasteiger partial charge in [0.2, 0.25) is 5.91 Å². The topological polar surface area (TPSA) is 62.3 Å². The molecule has 1 fully saturated rings. The summed E-state index contributed by atoms with van der Waals surface area (Å²) >= 11 is 1.81. The van der Waals surface area contributed by atoms with E-state index >= 15 is 0 Å². The molecule has 8 heteroatoms. The minimum Gasteiger partial charge on any atom is -0.494 e. The van der Waals surface area contributed by atoms with Crippen molar-refractivity contribution in [3.8, 4) is 5.75 Å². The van der Waals surface area contributed by atoms with Gasteiger partial charge in [-0.3, -0.25) is 19.4 Å². The lowest BCUT2D eigenvalue weighted by molar-refractivity contribution is -0.144. The molecule has 0 radical (unpaired) electrons. The Morgan fingerprint density at radius 3 is 2.06 bits per heavy atom. The average molecular weight is 760 g/mol. The maximum Gasteiger partial charge on any atom is 0.307 e. The monoisotopic (exact) mass is 760 g/mol. The van der Waals surface area contributed by atoms with E-state index in [0.717, 1.165) is 75.4 Å². The molecular weight excluding hydrogens is 691 g/mol. The molecule has 0 N–H and O–H groups in total. The van der Waals surface area contributed by atoms with Crippen LogP contribution in [-0.2, 0) is 20.7 Å². The first kappa shape index (κ1) is 42.1. The van der Waals surface area contributed by atoms with Crippen LogP contribution in [0, 0.1) is 0 Å². The predicted molar refractivity (Wildman–Crippen MR) is 227 cm³/mol. The fraction of sp³-hybridized carbons (Fsp3) is 0.652. The minimum atomic E-state index is -0.218. The number of rotatable bonds is 27. The summed E-state index contributed by atoms with van der Waals surface area (Å²) in [5.74, 6) is 0.543. The Balaban J connectivity index is 0.884. The largest absolute Gasteiger partial charge is 0.494 e. The summed E-state index contributed by atoms with van der Waals surface area (Å²) in [6, 6.07) is 14.9. The SMILES string of the molecule is CCCCCCCCCCCCCCCCCCCC(=O)OCN1C(=O)CCc2ccc(OCCCCN3CCN(c4cccc5sccc45)CC3)cc21. The molecule has 0 aliphatic carbocycles. The number of hydrogen-bond acceptors (Lipinski definition) is 7. The Kier molecular flexibility index (Phi) is 19.0. The summed E-state index contributed by atoms with van der Waals surface area (Å²) in [5.41, 5.74) is 3.27. The molecule has 1 aromatic heterocycles. The zero-order valence-electron chi connectivity index (χ0n) is 33.5. The number of piperazine rings is 1. The van der Waals surface area contributed by atoms with E-state index in [2.05, 4.69) is 52.4 Å². The molecule has 2 aromatic carbocycles. The molecule has 2 aliphatic rings. The van der Waals surface area contributed by atoms with Crippen molar-refractivity contribution in [1.82, 2.24) is 4.90 Å². The van der Waals surface area contributed by atoms with Gasteiger partial charge in [0.15, 0.2) is 6.73 Å². The summed E-state index contributed by atoms with van der Waals surface area (Å²) in [7, 11) is 0. The fourth-order valence-corrected chi connectivity index (χ4v) is 8.85. The third-order valence-electron chi connectivity index (χ3n) is 11.4. The normalized spacial score (nSPS) is 14.9. The minimum absolute atomic E-state index is 0.00245. The van der Waals surface area contributed by atoms with E-state index in [1.165, 1.54) is 112 Å². The van der Waals surface area contributed by atoms with Crippen LogP contribution in [0.2, 0.25) is 0 Å². The molecule has 0 unspecified atom stereocenters. The van der Waals surface area contributed by atoms with Crippen LogP contribution < -0.4 is 14.5 Å². The van der Waals surface area contributed by atoms with Gasteiger partial charge in [0.1, 0.15) is 5.75 Å². The first-order valence-electron chi connectivity index (χ1n) is 21.8. The number of hydrogen-bond donors (Lipinski definition) is 0. The highest BCUT2D eigenvalue weighted by Gasteiger charge is 2.26. The van der Waals surface area contributed by atoms with Crippen molar-refractivity contribution in [2.75, 3.05) is 55.9 Å². The van der Waals surface area contributed by atoms with Gasteiger partial charge in [-0.25, -0.2) is 0 Å². The molecule has 0 spiro atoms. The van der Waals surface area contributed by atoms with Crippen LogP contribution >= 0.6 is 11.3 Å². The number of thiophene rings is 1. The van der Waals surface area contributed by atoms with E-state index in [-0.39, 0.29) is 18.6 Å². The molecule has 5 rings (SSSR count). The van der Waals surface area contributed by atoms with Crippen molar-refractivity contribution >= 4 is 44.7 Å². The molecule has 54 heavy (non-hydrogen) atoms. The first-order chi connectivity index (χ1) is 26.6. The standard InChI is InChI=1S/C46H69N3O4S/c1-2-3-4-5-6-7-8-9-10-11-12-13-14-15-16-17-18-24-46(51)53-38-49-43-37-40(27-25-39(43)26-28-45(49)50)52-35-20-19-30-47-31-33-48(34-32-47)42-22-21-23-44-41(42)29-36-54-44/h21-23,25,27,29,36-37H,2-20,24,26,28,30-35,38H2,1H3. The van der Waals surface area contributed by atoms with Crippen molar-refractivity contribution < 1.29 is 19.1 Å². The molecule has 298 valence electrons. The smallest absolute Gasteiger partial charge is 0.307 e. The van der Waals surface area contributed by atoms with Gasteiger partial charge in [0, 0.05) is 60.9 Å². The van der Waals surface area contributed by atoms with Crippen molar-refractivity contribution in [3.63, 3.8) is 0 Å². The lowest BCUT2D eigenvalue weighted by Crippen LogP contribution is -2.46. The van der Waals surface area contributed by atoms with Gasteiger partial charge in [-0.2, -0.15) is 0 Å². The van der Waals surface area contributed by atoms with E-state index in [0.29, 0.717) is 25.9 Å². The number of benzene rings is 2. The summed E-state index contributed by atoms with van der Waals surface area (Å²) in [5, 5.41) is 3.56. The number of anilines is 2. The van der Waals surface area contributed by atoms with Crippen LogP contribution in [0.3, 0.4) is 0 Å². The zero-order valence-corrected chi connectivity index (χ0v) is 34.3. The van der Waals surface area contributed by atoms with Gasteiger partial charge in [-0.15, -0.1) is 11.3 Å². The van der Waals surface area contributed by atoms with E-state index in [4.69, 9.17) is 9.47 Å². The maximum atomic E-state index is 12.9. The molecule has 1 saturated heterocycles.